The fourth-order valence-electron chi connectivity index (χ4n) is 0.753. The Hall–Kier alpha value is -0.710. The molecule has 0 heterocycles. The van der Waals surface area contributed by atoms with Crippen LogP contribution in [0.4, 0.5) is 0 Å². The zero-order valence-corrected chi connectivity index (χ0v) is 7.93. The predicted molar refractivity (Wildman–Crippen MR) is 48.1 cm³/mol. The van der Waals surface area contributed by atoms with Crippen molar-refractivity contribution in [2.75, 3.05) is 6.61 Å². The number of hydrogen-bond acceptors (Lipinski definition) is 4. The normalized spacial score (nSPS) is 16.8. The van der Waals surface area contributed by atoms with Crippen LogP contribution in [0.1, 0.15) is 20.3 Å². The number of hydrogen-bond donors (Lipinski definition) is 2. The van der Waals surface area contributed by atoms with Gasteiger partial charge < -0.3 is 14.9 Å². The third kappa shape index (κ3) is 5.52. The molecule has 76 valence electrons. The third-order valence-electron chi connectivity index (χ3n) is 1.53. The molecule has 0 aliphatic carbocycles. The molecule has 13 heavy (non-hydrogen) atoms. The van der Waals surface area contributed by atoms with Gasteiger partial charge in [-0.1, -0.05) is 6.08 Å². The van der Waals surface area contributed by atoms with Gasteiger partial charge >= 0.3 is 0 Å². The second-order valence-electron chi connectivity index (χ2n) is 2.71. The van der Waals surface area contributed by atoms with Crippen molar-refractivity contribution in [1.82, 2.24) is 0 Å². The molecule has 0 bridgehead atoms. The van der Waals surface area contributed by atoms with Gasteiger partial charge in [0.15, 0.2) is 6.29 Å². The molecule has 0 aliphatic rings. The van der Waals surface area contributed by atoms with Gasteiger partial charge in [-0.3, -0.25) is 4.79 Å². The van der Waals surface area contributed by atoms with Crippen molar-refractivity contribution in [2.45, 2.75) is 32.7 Å². The maximum absolute atomic E-state index is 10.2. The second-order valence-corrected chi connectivity index (χ2v) is 2.71. The first-order chi connectivity index (χ1) is 6.11. The van der Waals surface area contributed by atoms with Crippen molar-refractivity contribution >= 4 is 6.29 Å². The first-order valence-corrected chi connectivity index (χ1v) is 4.21. The zero-order chi connectivity index (χ0) is 10.3. The Bertz CT molecular complexity index is 176. The number of rotatable bonds is 6. The van der Waals surface area contributed by atoms with Crippen molar-refractivity contribution in [2.24, 2.45) is 0 Å². The molecule has 0 radical (unpaired) electrons. The van der Waals surface area contributed by atoms with Crippen LogP contribution < -0.4 is 0 Å². The topological polar surface area (TPSA) is 66.8 Å². The molecule has 0 fully saturated rings. The average molecular weight is 188 g/mol. The first kappa shape index (κ1) is 12.3. The van der Waals surface area contributed by atoms with E-state index in [1.165, 1.54) is 0 Å². The summed E-state index contributed by atoms with van der Waals surface area (Å²) in [4.78, 5) is 10.2. The Labute approximate surface area is 77.8 Å². The molecule has 2 N–H and O–H groups in total. The van der Waals surface area contributed by atoms with Crippen molar-refractivity contribution in [1.29, 1.82) is 0 Å². The lowest BCUT2D eigenvalue weighted by molar-refractivity contribution is -0.157. The highest BCUT2D eigenvalue weighted by atomic mass is 16.6. The van der Waals surface area contributed by atoms with Crippen LogP contribution in [0.15, 0.2) is 11.6 Å². The van der Waals surface area contributed by atoms with Crippen LogP contribution in [0.2, 0.25) is 0 Å². The number of carbonyl (C=O) groups is 1. The molecule has 4 nitrogen and oxygen atoms in total. The summed E-state index contributed by atoms with van der Waals surface area (Å²) in [5, 5.41) is 18.4. The van der Waals surface area contributed by atoms with E-state index in [-0.39, 0.29) is 6.42 Å². The van der Waals surface area contributed by atoms with Gasteiger partial charge in [-0.25, -0.2) is 0 Å². The van der Waals surface area contributed by atoms with Crippen LogP contribution in [-0.2, 0) is 9.53 Å². The average Bonchev–Trinajstić information content (AvgIpc) is 2.13. The molecule has 0 saturated carbocycles. The van der Waals surface area contributed by atoms with E-state index in [0.717, 1.165) is 0 Å². The standard InChI is InChI=1S/C9H16O4/c1-3-13-9(12)8(11)5-4-7(2)6-10/h4,6,8-9,11-12H,3,5H2,1-2H3. The Morgan fingerprint density at radius 2 is 2.15 bits per heavy atom. The smallest absolute Gasteiger partial charge is 0.181 e. The molecule has 0 spiro atoms. The number of aliphatic hydroxyl groups is 2. The minimum absolute atomic E-state index is 0.214. The molecule has 0 amide bonds. The highest BCUT2D eigenvalue weighted by molar-refractivity contribution is 5.71. The molecule has 0 aromatic rings. The summed E-state index contributed by atoms with van der Waals surface area (Å²) in [5.41, 5.74) is 0.530. The molecule has 0 aromatic carbocycles. The lowest BCUT2D eigenvalue weighted by atomic mass is 10.2. The first-order valence-electron chi connectivity index (χ1n) is 4.21. The number of allylic oxidation sites excluding steroid dienone is 1. The van der Waals surface area contributed by atoms with Crippen LogP contribution in [0, 0.1) is 0 Å². The van der Waals surface area contributed by atoms with Gasteiger partial charge in [0.1, 0.15) is 12.4 Å². The molecule has 0 saturated heterocycles. The summed E-state index contributed by atoms with van der Waals surface area (Å²) in [7, 11) is 0. The fourth-order valence-corrected chi connectivity index (χ4v) is 0.753. The van der Waals surface area contributed by atoms with E-state index in [4.69, 9.17) is 9.84 Å². The monoisotopic (exact) mass is 188 g/mol. The highest BCUT2D eigenvalue weighted by Crippen LogP contribution is 2.03. The van der Waals surface area contributed by atoms with Crippen LogP contribution in [0.3, 0.4) is 0 Å². The van der Waals surface area contributed by atoms with E-state index < -0.39 is 12.4 Å². The molecular formula is C9H16O4. The molecule has 0 aliphatic heterocycles. The lowest BCUT2D eigenvalue weighted by Crippen LogP contribution is -2.28. The van der Waals surface area contributed by atoms with Crippen molar-refractivity contribution in [3.05, 3.63) is 11.6 Å². The molecule has 2 unspecified atom stereocenters. The number of aldehydes is 1. The van der Waals surface area contributed by atoms with Crippen LogP contribution >= 0.6 is 0 Å². The van der Waals surface area contributed by atoms with E-state index in [9.17, 15) is 9.90 Å². The Morgan fingerprint density at radius 1 is 1.54 bits per heavy atom. The zero-order valence-electron chi connectivity index (χ0n) is 7.93. The third-order valence-corrected chi connectivity index (χ3v) is 1.53. The second kappa shape index (κ2) is 6.77. The van der Waals surface area contributed by atoms with E-state index in [1.54, 1.807) is 19.9 Å². The van der Waals surface area contributed by atoms with Gasteiger partial charge in [0.25, 0.3) is 0 Å². The highest BCUT2D eigenvalue weighted by Gasteiger charge is 2.14. The molecular weight excluding hydrogens is 172 g/mol. The summed E-state index contributed by atoms with van der Waals surface area (Å²) >= 11 is 0. The van der Waals surface area contributed by atoms with Crippen molar-refractivity contribution in [3.8, 4) is 0 Å². The summed E-state index contributed by atoms with van der Waals surface area (Å²) in [6.45, 7) is 3.70. The molecule has 2 atom stereocenters. The quantitative estimate of drug-likeness (QED) is 0.356. The van der Waals surface area contributed by atoms with Gasteiger partial charge in [-0.05, 0) is 25.8 Å². The van der Waals surface area contributed by atoms with Crippen LogP contribution in [0.5, 0.6) is 0 Å². The largest absolute Gasteiger partial charge is 0.388 e. The van der Waals surface area contributed by atoms with Crippen molar-refractivity contribution in [3.63, 3.8) is 0 Å². The maximum atomic E-state index is 10.2. The van der Waals surface area contributed by atoms with E-state index in [2.05, 4.69) is 0 Å². The van der Waals surface area contributed by atoms with Crippen LogP contribution in [0.25, 0.3) is 0 Å². The van der Waals surface area contributed by atoms with E-state index >= 15 is 0 Å². The van der Waals surface area contributed by atoms with Gasteiger partial charge in [0.2, 0.25) is 0 Å². The number of carbonyl (C=O) groups excluding carboxylic acids is 1. The van der Waals surface area contributed by atoms with E-state index in [1.807, 2.05) is 0 Å². The summed E-state index contributed by atoms with van der Waals surface area (Å²) < 4.78 is 4.76. The van der Waals surface area contributed by atoms with Crippen molar-refractivity contribution < 1.29 is 19.7 Å². The van der Waals surface area contributed by atoms with Gasteiger partial charge in [-0.15, -0.1) is 0 Å². The lowest BCUT2D eigenvalue weighted by Gasteiger charge is -2.15. The SMILES string of the molecule is CCOC(O)C(O)CC=C(C)C=O. The Morgan fingerprint density at radius 3 is 2.62 bits per heavy atom. The fraction of sp³-hybridized carbons (Fsp3) is 0.667. The summed E-state index contributed by atoms with van der Waals surface area (Å²) in [6.07, 6.45) is 0.307. The minimum Gasteiger partial charge on any atom is -0.388 e. The number of ether oxygens (including phenoxy) is 1. The summed E-state index contributed by atoms with van der Waals surface area (Å²) in [6, 6.07) is 0. The van der Waals surface area contributed by atoms with Gasteiger partial charge in [0, 0.05) is 6.61 Å². The van der Waals surface area contributed by atoms with E-state index in [0.29, 0.717) is 18.5 Å². The molecule has 4 heteroatoms. The predicted octanol–water partition coefficient (Wildman–Crippen LogP) is 0.237. The number of aliphatic hydroxyl groups excluding tert-OH is 2. The minimum atomic E-state index is -1.18. The Balaban J connectivity index is 3.85. The van der Waals surface area contributed by atoms with Gasteiger partial charge in [-0.2, -0.15) is 0 Å². The van der Waals surface area contributed by atoms with Crippen LogP contribution in [-0.4, -0.2) is 35.5 Å². The maximum Gasteiger partial charge on any atom is 0.181 e. The molecule has 0 aromatic heterocycles. The summed E-state index contributed by atoms with van der Waals surface area (Å²) in [5.74, 6) is 0. The Kier molecular flexibility index (Phi) is 6.40. The molecule has 0 rings (SSSR count). The van der Waals surface area contributed by atoms with Gasteiger partial charge in [0.05, 0.1) is 0 Å².